The Labute approximate surface area is 113 Å². The predicted molar refractivity (Wildman–Crippen MR) is 71.2 cm³/mol. The van der Waals surface area contributed by atoms with Crippen LogP contribution in [0, 0.1) is 0 Å². The van der Waals surface area contributed by atoms with Gasteiger partial charge in [0.2, 0.25) is 5.91 Å². The van der Waals surface area contributed by atoms with Gasteiger partial charge in [0.1, 0.15) is 0 Å². The second-order valence-corrected chi connectivity index (χ2v) is 4.56. The molecule has 0 radical (unpaired) electrons. The van der Waals surface area contributed by atoms with Crippen molar-refractivity contribution < 1.29 is 14.0 Å². The molecule has 6 nitrogen and oxygen atoms in total. The van der Waals surface area contributed by atoms with E-state index in [9.17, 15) is 9.59 Å². The molecule has 0 saturated carbocycles. The van der Waals surface area contributed by atoms with Gasteiger partial charge in [0.25, 0.3) is 5.91 Å². The first-order valence-corrected chi connectivity index (χ1v) is 6.63. The second-order valence-electron chi connectivity index (χ2n) is 3.71. The second kappa shape index (κ2) is 6.14. The minimum atomic E-state index is -0.357. The Morgan fingerprint density at radius 3 is 3.00 bits per heavy atom. The van der Waals surface area contributed by atoms with Crippen LogP contribution in [0.2, 0.25) is 0 Å². The van der Waals surface area contributed by atoms with Gasteiger partial charge >= 0.3 is 0 Å². The fourth-order valence-electron chi connectivity index (χ4n) is 1.44. The van der Waals surface area contributed by atoms with E-state index in [0.717, 1.165) is 0 Å². The minimum Gasteiger partial charge on any atom is -0.459 e. The van der Waals surface area contributed by atoms with Crippen molar-refractivity contribution in [2.24, 2.45) is 0 Å². The summed E-state index contributed by atoms with van der Waals surface area (Å²) in [6, 6.07) is 3.20. The van der Waals surface area contributed by atoms with Crippen LogP contribution in [0.4, 0.5) is 5.13 Å². The number of hydrogen-bond donors (Lipinski definition) is 2. The number of carbonyl (C=O) groups is 2. The average Bonchev–Trinajstić information content (AvgIpc) is 3.00. The van der Waals surface area contributed by atoms with Gasteiger partial charge in [-0.15, -0.1) is 11.3 Å². The number of hydrogen-bond acceptors (Lipinski definition) is 5. The summed E-state index contributed by atoms with van der Waals surface area (Å²) in [6.07, 6.45) is 1.64. The molecule has 0 aliphatic heterocycles. The zero-order valence-corrected chi connectivity index (χ0v) is 11.1. The zero-order valence-electron chi connectivity index (χ0n) is 10.3. The smallest absolute Gasteiger partial charge is 0.293 e. The highest BCUT2D eigenvalue weighted by Gasteiger charge is 2.12. The number of nitrogens with zero attached hydrogens (tertiary/aromatic N) is 1. The van der Waals surface area contributed by atoms with Gasteiger partial charge in [-0.25, -0.2) is 4.98 Å². The highest BCUT2D eigenvalue weighted by Crippen LogP contribution is 2.17. The fraction of sp³-hybridized carbons (Fsp3) is 0.250. The molecule has 2 N–H and O–H groups in total. The molecule has 2 aromatic heterocycles. The van der Waals surface area contributed by atoms with E-state index in [-0.39, 0.29) is 24.0 Å². The zero-order chi connectivity index (χ0) is 13.7. The Balaban J connectivity index is 1.94. The maximum Gasteiger partial charge on any atom is 0.293 e. The van der Waals surface area contributed by atoms with E-state index in [1.807, 2.05) is 6.92 Å². The summed E-state index contributed by atoms with van der Waals surface area (Å²) in [5.41, 5.74) is 0.630. The average molecular weight is 279 g/mol. The lowest BCUT2D eigenvalue weighted by molar-refractivity contribution is -0.120. The summed E-state index contributed by atoms with van der Waals surface area (Å²) in [5.74, 6) is -0.221. The van der Waals surface area contributed by atoms with E-state index in [4.69, 9.17) is 4.42 Å². The van der Waals surface area contributed by atoms with Crippen LogP contribution in [-0.2, 0) is 11.2 Å². The molecule has 0 fully saturated rings. The van der Waals surface area contributed by atoms with Crippen LogP contribution in [0.1, 0.15) is 23.2 Å². The Morgan fingerprint density at radius 1 is 1.47 bits per heavy atom. The number of amides is 2. The molecule has 2 heterocycles. The highest BCUT2D eigenvalue weighted by atomic mass is 32.1. The number of nitrogens with one attached hydrogen (secondary N) is 2. The van der Waals surface area contributed by atoms with Gasteiger partial charge < -0.3 is 9.73 Å². The van der Waals surface area contributed by atoms with E-state index in [2.05, 4.69) is 15.6 Å². The van der Waals surface area contributed by atoms with Gasteiger partial charge in [-0.05, 0) is 19.1 Å². The SMILES string of the molecule is CCNC(=O)Cc1csc(NC(=O)c2ccco2)n1. The van der Waals surface area contributed by atoms with Crippen LogP contribution in [0.25, 0.3) is 0 Å². The molecule has 0 unspecified atom stereocenters. The summed E-state index contributed by atoms with van der Waals surface area (Å²) in [7, 11) is 0. The molecule has 0 aliphatic carbocycles. The summed E-state index contributed by atoms with van der Waals surface area (Å²) in [4.78, 5) is 27.2. The van der Waals surface area contributed by atoms with E-state index >= 15 is 0 Å². The summed E-state index contributed by atoms with van der Waals surface area (Å²) < 4.78 is 4.97. The third kappa shape index (κ3) is 3.65. The molecule has 7 heteroatoms. The quantitative estimate of drug-likeness (QED) is 0.872. The Bertz CT molecular complexity index is 563. The molecule has 0 bridgehead atoms. The van der Waals surface area contributed by atoms with Crippen molar-refractivity contribution in [1.82, 2.24) is 10.3 Å². The molecule has 0 atom stereocenters. The molecular weight excluding hydrogens is 266 g/mol. The molecule has 100 valence electrons. The maximum absolute atomic E-state index is 11.7. The van der Waals surface area contributed by atoms with Gasteiger partial charge in [0.05, 0.1) is 18.4 Å². The number of rotatable bonds is 5. The van der Waals surface area contributed by atoms with Gasteiger partial charge in [0.15, 0.2) is 10.9 Å². The number of anilines is 1. The molecule has 2 rings (SSSR count). The third-order valence-corrected chi connectivity index (χ3v) is 3.04. The van der Waals surface area contributed by atoms with Crippen molar-refractivity contribution in [3.63, 3.8) is 0 Å². The highest BCUT2D eigenvalue weighted by molar-refractivity contribution is 7.14. The van der Waals surface area contributed by atoms with Crippen LogP contribution < -0.4 is 10.6 Å². The molecule has 0 aromatic carbocycles. The van der Waals surface area contributed by atoms with E-state index < -0.39 is 0 Å². The first-order valence-electron chi connectivity index (χ1n) is 5.75. The Hall–Kier alpha value is -2.15. The lowest BCUT2D eigenvalue weighted by atomic mass is 10.3. The van der Waals surface area contributed by atoms with Crippen LogP contribution in [0.15, 0.2) is 28.2 Å². The van der Waals surface area contributed by atoms with Crippen LogP contribution in [-0.4, -0.2) is 23.3 Å². The normalized spacial score (nSPS) is 10.2. The van der Waals surface area contributed by atoms with Crippen molar-refractivity contribution in [1.29, 1.82) is 0 Å². The molecule has 2 amide bonds. The molecule has 0 saturated heterocycles. The number of thiazole rings is 1. The monoisotopic (exact) mass is 279 g/mol. The van der Waals surface area contributed by atoms with Gasteiger partial charge in [-0.3, -0.25) is 14.9 Å². The predicted octanol–water partition coefficient (Wildman–Crippen LogP) is 1.67. The Kier molecular flexibility index (Phi) is 4.30. The van der Waals surface area contributed by atoms with Crippen molar-refractivity contribution in [2.45, 2.75) is 13.3 Å². The molecule has 0 spiro atoms. The summed E-state index contributed by atoms with van der Waals surface area (Å²) >= 11 is 1.27. The van der Waals surface area contributed by atoms with Crippen LogP contribution >= 0.6 is 11.3 Å². The number of aromatic nitrogens is 1. The van der Waals surface area contributed by atoms with E-state index in [1.54, 1.807) is 17.5 Å². The van der Waals surface area contributed by atoms with Crippen molar-refractivity contribution >= 4 is 28.3 Å². The summed E-state index contributed by atoms with van der Waals surface area (Å²) in [6.45, 7) is 2.44. The van der Waals surface area contributed by atoms with Crippen molar-refractivity contribution in [3.8, 4) is 0 Å². The van der Waals surface area contributed by atoms with Crippen LogP contribution in [0.3, 0.4) is 0 Å². The maximum atomic E-state index is 11.7. The van der Waals surface area contributed by atoms with Crippen molar-refractivity contribution in [2.75, 3.05) is 11.9 Å². The molecule has 0 aliphatic rings. The lowest BCUT2D eigenvalue weighted by Gasteiger charge is -1.99. The summed E-state index contributed by atoms with van der Waals surface area (Å²) in [5, 5.41) is 7.49. The van der Waals surface area contributed by atoms with E-state index in [0.29, 0.717) is 17.4 Å². The van der Waals surface area contributed by atoms with Crippen LogP contribution in [0.5, 0.6) is 0 Å². The standard InChI is InChI=1S/C12H13N3O3S/c1-2-13-10(16)6-8-7-19-12(14-8)15-11(17)9-4-3-5-18-9/h3-5,7H,2,6H2,1H3,(H,13,16)(H,14,15,17). The third-order valence-electron chi connectivity index (χ3n) is 2.23. The number of furan rings is 1. The first-order chi connectivity index (χ1) is 9.19. The minimum absolute atomic E-state index is 0.0864. The number of likely N-dealkylation sites (N-methyl/N-ethyl adjacent to an activating group) is 1. The molecular formula is C12H13N3O3S. The molecule has 19 heavy (non-hydrogen) atoms. The first kappa shape index (κ1) is 13.3. The fourth-order valence-corrected chi connectivity index (χ4v) is 2.14. The molecule has 2 aromatic rings. The van der Waals surface area contributed by atoms with Gasteiger partial charge in [-0.1, -0.05) is 0 Å². The van der Waals surface area contributed by atoms with Crippen molar-refractivity contribution in [3.05, 3.63) is 35.2 Å². The lowest BCUT2D eigenvalue weighted by Crippen LogP contribution is -2.24. The Morgan fingerprint density at radius 2 is 2.32 bits per heavy atom. The largest absolute Gasteiger partial charge is 0.459 e. The topological polar surface area (TPSA) is 84.2 Å². The van der Waals surface area contributed by atoms with Gasteiger partial charge in [-0.2, -0.15) is 0 Å². The number of carbonyl (C=O) groups excluding carboxylic acids is 2. The van der Waals surface area contributed by atoms with Gasteiger partial charge in [0, 0.05) is 11.9 Å². The van der Waals surface area contributed by atoms with E-state index in [1.165, 1.54) is 17.6 Å².